The molecule has 1 saturated heterocycles. The first-order valence-corrected chi connectivity index (χ1v) is 10.2. The fraction of sp³-hybridized carbons (Fsp3) is 0.667. The maximum atomic E-state index is 10.1. The summed E-state index contributed by atoms with van der Waals surface area (Å²) in [7, 11) is 2.45. The Labute approximate surface area is 163 Å². The van der Waals surface area contributed by atoms with Crippen LogP contribution < -0.4 is 9.84 Å². The van der Waals surface area contributed by atoms with Crippen LogP contribution in [-0.4, -0.2) is 43.7 Å². The Morgan fingerprint density at radius 3 is 2.46 bits per heavy atom. The lowest BCUT2D eigenvalue weighted by molar-refractivity contribution is -0.914. The van der Waals surface area contributed by atoms with Gasteiger partial charge in [0.25, 0.3) is 0 Å². The number of carboxylic acid groups (broad SMARTS) is 1. The predicted molar refractivity (Wildman–Crippen MR) is 105 cm³/mol. The summed E-state index contributed by atoms with van der Waals surface area (Å²) >= 11 is 5.70. The third-order valence-electron chi connectivity index (χ3n) is 4.93. The second-order valence-corrected chi connectivity index (χ2v) is 7.92. The molecule has 0 atom stereocenters. The number of aliphatic carboxylic acids is 1. The molecular weight excluding hydrogens is 350 g/mol. The SMILES string of the molecule is CCCCCC[N+]1(C)CCCCC1.Cc1cc(Cl)ccc1OCC(=O)[O-]. The van der Waals surface area contributed by atoms with Gasteiger partial charge in [-0.3, -0.25) is 0 Å². The zero-order valence-electron chi connectivity index (χ0n) is 16.6. The molecule has 4 nitrogen and oxygen atoms in total. The Hall–Kier alpha value is -1.26. The summed E-state index contributed by atoms with van der Waals surface area (Å²) in [5.41, 5.74) is 0.800. The van der Waals surface area contributed by atoms with Crippen LogP contribution in [0.2, 0.25) is 5.02 Å². The molecule has 148 valence electrons. The second kappa shape index (κ2) is 12.2. The molecule has 1 fully saturated rings. The van der Waals surface area contributed by atoms with Gasteiger partial charge in [-0.15, -0.1) is 0 Å². The zero-order chi connectivity index (χ0) is 19.4. The number of carbonyl (C=O) groups excluding carboxylic acids is 1. The lowest BCUT2D eigenvalue weighted by Crippen LogP contribution is -2.48. The number of quaternary nitrogens is 1. The second-order valence-electron chi connectivity index (χ2n) is 7.48. The van der Waals surface area contributed by atoms with Crippen LogP contribution in [0.1, 0.15) is 57.4 Å². The highest BCUT2D eigenvalue weighted by molar-refractivity contribution is 6.30. The Balaban J connectivity index is 0.000000260. The van der Waals surface area contributed by atoms with Gasteiger partial charge in [-0.05, 0) is 62.8 Å². The number of likely N-dealkylation sites (tertiary alicyclic amines) is 1. The summed E-state index contributed by atoms with van der Waals surface area (Å²) in [6.07, 6.45) is 10.1. The summed E-state index contributed by atoms with van der Waals surface area (Å²) in [5, 5.41) is 10.7. The minimum Gasteiger partial charge on any atom is -0.546 e. The molecule has 5 heteroatoms. The van der Waals surface area contributed by atoms with E-state index in [0.717, 1.165) is 5.56 Å². The van der Waals surface area contributed by atoms with E-state index in [1.165, 1.54) is 69.1 Å². The summed E-state index contributed by atoms with van der Waals surface area (Å²) in [6.45, 7) is 7.94. The third kappa shape index (κ3) is 9.44. The minimum absolute atomic E-state index is 0.442. The normalized spacial score (nSPS) is 15.7. The lowest BCUT2D eigenvalue weighted by atomic mass is 10.1. The molecule has 0 saturated carbocycles. The van der Waals surface area contributed by atoms with E-state index in [0.29, 0.717) is 10.8 Å². The van der Waals surface area contributed by atoms with Crippen LogP contribution in [0.4, 0.5) is 0 Å². The van der Waals surface area contributed by atoms with Crippen LogP contribution in [0.5, 0.6) is 5.75 Å². The lowest BCUT2D eigenvalue weighted by Gasteiger charge is -2.37. The monoisotopic (exact) mass is 383 g/mol. The van der Waals surface area contributed by atoms with E-state index in [2.05, 4.69) is 14.0 Å². The number of hydrogen-bond donors (Lipinski definition) is 0. The number of rotatable bonds is 8. The van der Waals surface area contributed by atoms with Crippen molar-refractivity contribution in [1.29, 1.82) is 0 Å². The van der Waals surface area contributed by atoms with Crippen LogP contribution in [0, 0.1) is 6.92 Å². The number of aryl methyl sites for hydroxylation is 1. The van der Waals surface area contributed by atoms with Crippen molar-refractivity contribution >= 4 is 17.6 Å². The van der Waals surface area contributed by atoms with Crippen molar-refractivity contribution in [3.8, 4) is 5.75 Å². The van der Waals surface area contributed by atoms with Crippen molar-refractivity contribution in [1.82, 2.24) is 0 Å². The Kier molecular flexibility index (Phi) is 10.7. The predicted octanol–water partition coefficient (Wildman–Crippen LogP) is 3.97. The van der Waals surface area contributed by atoms with Gasteiger partial charge in [0.05, 0.1) is 32.7 Å². The van der Waals surface area contributed by atoms with E-state index in [9.17, 15) is 9.90 Å². The first-order chi connectivity index (χ1) is 12.4. The van der Waals surface area contributed by atoms with E-state index < -0.39 is 12.6 Å². The number of ether oxygens (including phenoxy) is 1. The van der Waals surface area contributed by atoms with Gasteiger partial charge in [0.1, 0.15) is 12.4 Å². The first kappa shape index (κ1) is 22.8. The Morgan fingerprint density at radius 2 is 1.88 bits per heavy atom. The van der Waals surface area contributed by atoms with Crippen LogP contribution in [-0.2, 0) is 4.79 Å². The zero-order valence-corrected chi connectivity index (χ0v) is 17.3. The van der Waals surface area contributed by atoms with E-state index in [1.807, 2.05) is 0 Å². The summed E-state index contributed by atoms with van der Waals surface area (Å²) < 4.78 is 6.30. The first-order valence-electron chi connectivity index (χ1n) is 9.78. The molecule has 0 radical (unpaired) electrons. The molecule has 0 aromatic heterocycles. The van der Waals surface area contributed by atoms with Crippen molar-refractivity contribution in [2.75, 3.05) is 33.3 Å². The van der Waals surface area contributed by atoms with E-state index in [-0.39, 0.29) is 0 Å². The van der Waals surface area contributed by atoms with Gasteiger partial charge in [-0.25, -0.2) is 0 Å². The van der Waals surface area contributed by atoms with Crippen LogP contribution >= 0.6 is 11.6 Å². The molecule has 0 N–H and O–H groups in total. The van der Waals surface area contributed by atoms with Gasteiger partial charge in [0, 0.05) is 5.02 Å². The number of carboxylic acids is 1. The number of carbonyl (C=O) groups is 1. The maximum Gasteiger partial charge on any atom is 0.128 e. The topological polar surface area (TPSA) is 49.4 Å². The highest BCUT2D eigenvalue weighted by atomic mass is 35.5. The van der Waals surface area contributed by atoms with Gasteiger partial charge in [-0.1, -0.05) is 31.4 Å². The molecule has 0 bridgehead atoms. The molecule has 0 spiro atoms. The van der Waals surface area contributed by atoms with Gasteiger partial charge >= 0.3 is 0 Å². The van der Waals surface area contributed by atoms with Crippen molar-refractivity contribution < 1.29 is 19.1 Å². The van der Waals surface area contributed by atoms with Gasteiger partial charge in [-0.2, -0.15) is 0 Å². The molecular formula is C21H34ClNO3. The van der Waals surface area contributed by atoms with Crippen molar-refractivity contribution in [3.63, 3.8) is 0 Å². The molecule has 0 aliphatic carbocycles. The van der Waals surface area contributed by atoms with E-state index >= 15 is 0 Å². The quantitative estimate of drug-likeness (QED) is 0.504. The molecule has 1 aromatic carbocycles. The van der Waals surface area contributed by atoms with Crippen LogP contribution in [0.3, 0.4) is 0 Å². The summed E-state index contributed by atoms with van der Waals surface area (Å²) in [6, 6.07) is 4.96. The number of unbranched alkanes of at least 4 members (excludes halogenated alkanes) is 3. The molecule has 2 rings (SSSR count). The average Bonchev–Trinajstić information content (AvgIpc) is 2.59. The highest BCUT2D eigenvalue weighted by Crippen LogP contribution is 2.21. The van der Waals surface area contributed by atoms with E-state index in [4.69, 9.17) is 16.3 Å². The number of hydrogen-bond acceptors (Lipinski definition) is 3. The van der Waals surface area contributed by atoms with Gasteiger partial charge in [0.2, 0.25) is 0 Å². The number of nitrogens with zero attached hydrogens (tertiary/aromatic N) is 1. The minimum atomic E-state index is -1.24. The van der Waals surface area contributed by atoms with Crippen LogP contribution in [0.15, 0.2) is 18.2 Å². The molecule has 1 heterocycles. The maximum absolute atomic E-state index is 10.1. The molecule has 0 amide bonds. The Morgan fingerprint density at radius 1 is 1.19 bits per heavy atom. The van der Waals surface area contributed by atoms with Gasteiger partial charge < -0.3 is 19.1 Å². The fourth-order valence-electron chi connectivity index (χ4n) is 3.33. The number of halogens is 1. The molecule has 26 heavy (non-hydrogen) atoms. The third-order valence-corrected chi connectivity index (χ3v) is 5.16. The summed E-state index contributed by atoms with van der Waals surface area (Å²) in [5.74, 6) is -0.733. The van der Waals surface area contributed by atoms with Gasteiger partial charge in [0.15, 0.2) is 0 Å². The summed E-state index contributed by atoms with van der Waals surface area (Å²) in [4.78, 5) is 10.1. The largest absolute Gasteiger partial charge is 0.546 e. The molecule has 0 unspecified atom stereocenters. The Bertz CT molecular complexity index is 542. The smallest absolute Gasteiger partial charge is 0.128 e. The fourth-order valence-corrected chi connectivity index (χ4v) is 3.56. The van der Waals surface area contributed by atoms with Crippen molar-refractivity contribution in [2.24, 2.45) is 0 Å². The highest BCUT2D eigenvalue weighted by Gasteiger charge is 2.23. The average molecular weight is 384 g/mol. The van der Waals surface area contributed by atoms with Crippen LogP contribution in [0.25, 0.3) is 0 Å². The molecule has 1 aromatic rings. The number of benzene rings is 1. The molecule has 1 aliphatic rings. The van der Waals surface area contributed by atoms with Crippen molar-refractivity contribution in [3.05, 3.63) is 28.8 Å². The number of piperidine rings is 1. The molecule has 1 aliphatic heterocycles. The van der Waals surface area contributed by atoms with Crippen molar-refractivity contribution in [2.45, 2.75) is 58.8 Å². The van der Waals surface area contributed by atoms with E-state index in [1.54, 1.807) is 25.1 Å². The standard InChI is InChI=1S/C12H26N.C9H9ClO3/c1-3-4-5-7-10-13(2)11-8-6-9-12-13;1-6-4-7(10)2-3-8(6)13-5-9(11)12/h3-12H2,1-2H3;2-4H,5H2,1H3,(H,11,12)/q+1;/p-1.